The zero-order valence-corrected chi connectivity index (χ0v) is 14.8. The molecule has 2 heterocycles. The SMILES string of the molecule is C=C(Nc1cccc(Br)c1Cl)c1nc2c(s1)CN(C)CC2. The molecule has 6 heteroatoms. The first-order valence-corrected chi connectivity index (χ1v) is 8.61. The maximum atomic E-state index is 6.27. The molecule has 0 radical (unpaired) electrons. The average molecular weight is 385 g/mol. The molecule has 0 fully saturated rings. The Bertz CT molecular complexity index is 698. The van der Waals surface area contributed by atoms with Crippen LogP contribution in [0, 0.1) is 0 Å². The summed E-state index contributed by atoms with van der Waals surface area (Å²) in [5, 5.41) is 4.85. The zero-order chi connectivity index (χ0) is 15.0. The molecule has 1 aliphatic rings. The van der Waals surface area contributed by atoms with E-state index in [0.29, 0.717) is 5.02 Å². The lowest BCUT2D eigenvalue weighted by Gasteiger charge is -2.20. The summed E-state index contributed by atoms with van der Waals surface area (Å²) in [4.78, 5) is 8.35. The number of nitrogens with zero attached hydrogens (tertiary/aromatic N) is 2. The highest BCUT2D eigenvalue weighted by atomic mass is 79.9. The lowest BCUT2D eigenvalue weighted by Crippen LogP contribution is -2.25. The first-order valence-electron chi connectivity index (χ1n) is 6.62. The van der Waals surface area contributed by atoms with E-state index in [1.165, 1.54) is 10.6 Å². The van der Waals surface area contributed by atoms with Crippen molar-refractivity contribution >= 4 is 50.3 Å². The van der Waals surface area contributed by atoms with Crippen molar-refractivity contribution in [3.05, 3.63) is 49.9 Å². The van der Waals surface area contributed by atoms with Gasteiger partial charge in [0, 0.05) is 28.9 Å². The van der Waals surface area contributed by atoms with Crippen molar-refractivity contribution in [2.75, 3.05) is 18.9 Å². The molecule has 110 valence electrons. The highest BCUT2D eigenvalue weighted by molar-refractivity contribution is 9.10. The number of thiazole rings is 1. The zero-order valence-electron chi connectivity index (χ0n) is 11.6. The minimum Gasteiger partial charge on any atom is -0.352 e. The summed E-state index contributed by atoms with van der Waals surface area (Å²) < 4.78 is 0.863. The lowest BCUT2D eigenvalue weighted by atomic mass is 10.2. The van der Waals surface area contributed by atoms with Crippen LogP contribution in [-0.4, -0.2) is 23.5 Å². The molecule has 0 aliphatic carbocycles. The maximum Gasteiger partial charge on any atom is 0.139 e. The standard InChI is InChI=1S/C15H15BrClN3S/c1-9(18-12-5-3-4-10(16)14(12)17)15-19-11-6-7-20(2)8-13(11)21-15/h3-5,18H,1,6-8H2,2H3. The van der Waals surface area contributed by atoms with Gasteiger partial charge in [-0.3, -0.25) is 0 Å². The Balaban J connectivity index is 1.81. The van der Waals surface area contributed by atoms with Crippen LogP contribution in [-0.2, 0) is 13.0 Å². The van der Waals surface area contributed by atoms with Gasteiger partial charge < -0.3 is 10.2 Å². The normalized spacial score (nSPS) is 14.8. The van der Waals surface area contributed by atoms with Crippen LogP contribution in [0.3, 0.4) is 0 Å². The van der Waals surface area contributed by atoms with E-state index in [0.717, 1.165) is 40.4 Å². The van der Waals surface area contributed by atoms with Crippen molar-refractivity contribution in [1.82, 2.24) is 9.88 Å². The van der Waals surface area contributed by atoms with E-state index in [4.69, 9.17) is 16.6 Å². The fourth-order valence-corrected chi connectivity index (χ4v) is 3.92. The van der Waals surface area contributed by atoms with Crippen LogP contribution in [0.2, 0.25) is 5.02 Å². The van der Waals surface area contributed by atoms with Crippen molar-refractivity contribution in [3.63, 3.8) is 0 Å². The van der Waals surface area contributed by atoms with Gasteiger partial charge in [-0.25, -0.2) is 4.98 Å². The molecule has 1 aliphatic heterocycles. The molecule has 0 amide bonds. The van der Waals surface area contributed by atoms with Crippen LogP contribution in [0.25, 0.3) is 5.70 Å². The largest absolute Gasteiger partial charge is 0.352 e. The third kappa shape index (κ3) is 3.16. The van der Waals surface area contributed by atoms with Crippen molar-refractivity contribution < 1.29 is 0 Å². The number of anilines is 1. The molecular formula is C15H15BrClN3S. The second kappa shape index (κ2) is 6.08. The van der Waals surface area contributed by atoms with E-state index in [1.807, 2.05) is 18.2 Å². The molecule has 3 nitrogen and oxygen atoms in total. The maximum absolute atomic E-state index is 6.27. The summed E-state index contributed by atoms with van der Waals surface area (Å²) >= 11 is 11.4. The Morgan fingerprint density at radius 1 is 1.52 bits per heavy atom. The molecule has 3 rings (SSSR count). The smallest absolute Gasteiger partial charge is 0.139 e. The molecule has 1 N–H and O–H groups in total. The topological polar surface area (TPSA) is 28.2 Å². The summed E-state index contributed by atoms with van der Waals surface area (Å²) in [6, 6.07) is 5.78. The van der Waals surface area contributed by atoms with Crippen LogP contribution in [0.4, 0.5) is 5.69 Å². The number of halogens is 2. The van der Waals surface area contributed by atoms with Crippen molar-refractivity contribution in [2.45, 2.75) is 13.0 Å². The second-order valence-corrected chi connectivity index (χ2v) is 7.40. The van der Waals surface area contributed by atoms with E-state index in [1.54, 1.807) is 11.3 Å². The molecular weight excluding hydrogens is 370 g/mol. The first-order chi connectivity index (χ1) is 10.0. The molecule has 1 aromatic carbocycles. The minimum atomic E-state index is 0.653. The summed E-state index contributed by atoms with van der Waals surface area (Å²) in [6.07, 6.45) is 1.01. The summed E-state index contributed by atoms with van der Waals surface area (Å²) in [6.45, 7) is 6.14. The quantitative estimate of drug-likeness (QED) is 0.836. The molecule has 0 unspecified atom stereocenters. The molecule has 1 aromatic heterocycles. The third-order valence-corrected chi connectivity index (χ3v) is 5.86. The number of hydrogen-bond acceptors (Lipinski definition) is 4. The van der Waals surface area contributed by atoms with Gasteiger partial charge in [0.1, 0.15) is 5.01 Å². The number of likely N-dealkylation sites (N-methyl/N-ethyl adjacent to an activating group) is 1. The Morgan fingerprint density at radius 3 is 3.14 bits per heavy atom. The molecule has 0 saturated heterocycles. The van der Waals surface area contributed by atoms with E-state index < -0.39 is 0 Å². The summed E-state index contributed by atoms with van der Waals surface area (Å²) in [7, 11) is 2.14. The highest BCUT2D eigenvalue weighted by Gasteiger charge is 2.19. The van der Waals surface area contributed by atoms with Gasteiger partial charge in [0.15, 0.2) is 0 Å². The molecule has 0 spiro atoms. The van der Waals surface area contributed by atoms with Gasteiger partial charge in [0.05, 0.1) is 22.1 Å². The van der Waals surface area contributed by atoms with Gasteiger partial charge in [-0.05, 0) is 35.1 Å². The molecule has 0 saturated carbocycles. The third-order valence-electron chi connectivity index (χ3n) is 3.42. The van der Waals surface area contributed by atoms with Crippen molar-refractivity contribution in [1.29, 1.82) is 0 Å². The predicted octanol–water partition coefficient (Wildman–Crippen LogP) is 4.63. The molecule has 2 aromatic rings. The molecule has 0 bridgehead atoms. The highest BCUT2D eigenvalue weighted by Crippen LogP contribution is 2.33. The van der Waals surface area contributed by atoms with Crippen molar-refractivity contribution in [2.24, 2.45) is 0 Å². The monoisotopic (exact) mass is 383 g/mol. The van der Waals surface area contributed by atoms with Gasteiger partial charge in [0.25, 0.3) is 0 Å². The van der Waals surface area contributed by atoms with E-state index in [2.05, 4.69) is 39.8 Å². The van der Waals surface area contributed by atoms with Gasteiger partial charge in [-0.15, -0.1) is 11.3 Å². The van der Waals surface area contributed by atoms with Gasteiger partial charge in [0.2, 0.25) is 0 Å². The molecule has 21 heavy (non-hydrogen) atoms. The Hall–Kier alpha value is -0.880. The van der Waals surface area contributed by atoms with Crippen LogP contribution in [0.5, 0.6) is 0 Å². The fourth-order valence-electron chi connectivity index (χ4n) is 2.27. The van der Waals surface area contributed by atoms with Gasteiger partial charge in [-0.1, -0.05) is 24.2 Å². The number of aromatic nitrogens is 1. The fraction of sp³-hybridized carbons (Fsp3) is 0.267. The van der Waals surface area contributed by atoms with Crippen LogP contribution < -0.4 is 5.32 Å². The van der Waals surface area contributed by atoms with Crippen LogP contribution in [0.15, 0.2) is 29.3 Å². The predicted molar refractivity (Wildman–Crippen MR) is 94.0 cm³/mol. The number of rotatable bonds is 3. The van der Waals surface area contributed by atoms with E-state index in [-0.39, 0.29) is 0 Å². The molecule has 0 atom stereocenters. The number of fused-ring (bicyclic) bond motifs is 1. The second-order valence-electron chi connectivity index (χ2n) is 5.08. The summed E-state index contributed by atoms with van der Waals surface area (Å²) in [5.74, 6) is 0. The minimum absolute atomic E-state index is 0.653. The number of nitrogens with one attached hydrogen (secondary N) is 1. The Labute approximate surface area is 141 Å². The first kappa shape index (κ1) is 15.0. The Kier molecular flexibility index (Phi) is 4.36. The lowest BCUT2D eigenvalue weighted by molar-refractivity contribution is 0.314. The van der Waals surface area contributed by atoms with E-state index in [9.17, 15) is 0 Å². The number of benzene rings is 1. The van der Waals surface area contributed by atoms with Gasteiger partial charge in [-0.2, -0.15) is 0 Å². The van der Waals surface area contributed by atoms with Crippen LogP contribution in [0.1, 0.15) is 15.6 Å². The average Bonchev–Trinajstić information content (AvgIpc) is 2.87. The van der Waals surface area contributed by atoms with Crippen molar-refractivity contribution in [3.8, 4) is 0 Å². The number of hydrogen-bond donors (Lipinski definition) is 1. The van der Waals surface area contributed by atoms with Gasteiger partial charge >= 0.3 is 0 Å². The summed E-state index contributed by atoms with van der Waals surface area (Å²) in [5.41, 5.74) is 2.83. The van der Waals surface area contributed by atoms with E-state index >= 15 is 0 Å². The van der Waals surface area contributed by atoms with Crippen LogP contribution >= 0.6 is 38.9 Å². The Morgan fingerprint density at radius 2 is 2.33 bits per heavy atom.